The molecule has 0 saturated heterocycles. The van der Waals surface area contributed by atoms with Gasteiger partial charge in [-0.05, 0) is 59.8 Å². The number of halogens is 2. The number of ether oxygens (including phenoxy) is 1. The van der Waals surface area contributed by atoms with Crippen LogP contribution >= 0.6 is 27.5 Å². The monoisotopic (exact) mass is 621 g/mol. The number of unbranched alkanes of at least 4 members (excludes halogenated alkanes) is 1. The van der Waals surface area contributed by atoms with E-state index in [1.54, 1.807) is 18.5 Å². The van der Waals surface area contributed by atoms with Gasteiger partial charge in [0.2, 0.25) is 15.3 Å². The van der Waals surface area contributed by atoms with Crippen molar-refractivity contribution in [2.24, 2.45) is 0 Å². The second-order valence-electron chi connectivity index (χ2n) is 8.28. The van der Waals surface area contributed by atoms with E-state index in [1.165, 1.54) is 12.1 Å². The summed E-state index contributed by atoms with van der Waals surface area (Å²) >= 11 is 9.22. The van der Waals surface area contributed by atoms with E-state index in [2.05, 4.69) is 40.9 Å². The Morgan fingerprint density at radius 2 is 1.71 bits per heavy atom. The predicted molar refractivity (Wildman–Crippen MR) is 147 cm³/mol. The third kappa shape index (κ3) is 7.40. The molecule has 2 heterocycles. The number of amides is 1. The zero-order valence-electron chi connectivity index (χ0n) is 20.1. The molecule has 11 nitrogen and oxygen atoms in total. The van der Waals surface area contributed by atoms with E-state index in [1.807, 2.05) is 28.8 Å². The number of carbonyl (C=O) groups is 1. The van der Waals surface area contributed by atoms with Crippen LogP contribution in [0.25, 0.3) is 11.2 Å². The van der Waals surface area contributed by atoms with Crippen molar-refractivity contribution in [3.63, 3.8) is 0 Å². The largest absolute Gasteiger partial charge is 0.450 e. The van der Waals surface area contributed by atoms with Crippen LogP contribution in [0.5, 0.6) is 0 Å². The van der Waals surface area contributed by atoms with E-state index >= 15 is 0 Å². The van der Waals surface area contributed by atoms with Crippen LogP contribution in [-0.4, -0.2) is 40.6 Å². The van der Waals surface area contributed by atoms with Crippen molar-refractivity contribution in [1.82, 2.24) is 29.6 Å². The molecule has 0 radical (unpaired) electrons. The minimum absolute atomic E-state index is 0.0568. The average Bonchev–Trinajstić information content (AvgIpc) is 3.30. The smallest absolute Gasteiger partial charge is 0.407 e. The highest BCUT2D eigenvalue weighted by atomic mass is 79.9. The SMILES string of the molecule is Nc1nc(Cl)nc2c1ncn2CCCCOC(=O)NCc1ccc(S(=O)(=O)NCc2ccc(Br)cc2)cc1. The van der Waals surface area contributed by atoms with Crippen molar-refractivity contribution >= 4 is 60.6 Å². The molecule has 4 aromatic rings. The molecule has 1 amide bonds. The lowest BCUT2D eigenvalue weighted by molar-refractivity contribution is 0.143. The van der Waals surface area contributed by atoms with Gasteiger partial charge in [0.15, 0.2) is 11.5 Å². The number of alkyl carbamates (subject to hydrolysis) is 1. The first-order valence-corrected chi connectivity index (χ1v) is 14.2. The van der Waals surface area contributed by atoms with Gasteiger partial charge in [-0.3, -0.25) is 0 Å². The number of nitrogens with one attached hydrogen (secondary N) is 2. The Labute approximate surface area is 233 Å². The van der Waals surface area contributed by atoms with Crippen LogP contribution in [0.1, 0.15) is 24.0 Å². The van der Waals surface area contributed by atoms with Crippen LogP contribution in [0.2, 0.25) is 5.28 Å². The van der Waals surface area contributed by atoms with Crippen LogP contribution in [0, 0.1) is 0 Å². The summed E-state index contributed by atoms with van der Waals surface area (Å²) in [7, 11) is -3.67. The molecule has 0 spiro atoms. The van der Waals surface area contributed by atoms with E-state index in [9.17, 15) is 13.2 Å². The topological polar surface area (TPSA) is 154 Å². The highest BCUT2D eigenvalue weighted by molar-refractivity contribution is 9.10. The quantitative estimate of drug-likeness (QED) is 0.167. The van der Waals surface area contributed by atoms with Crippen LogP contribution in [0.15, 0.2) is 64.2 Å². The number of benzene rings is 2. The van der Waals surface area contributed by atoms with Gasteiger partial charge in [-0.15, -0.1) is 0 Å². The van der Waals surface area contributed by atoms with Gasteiger partial charge in [0.25, 0.3) is 0 Å². The van der Waals surface area contributed by atoms with E-state index in [0.29, 0.717) is 30.6 Å². The summed E-state index contributed by atoms with van der Waals surface area (Å²) < 4.78 is 35.7. The van der Waals surface area contributed by atoms with Gasteiger partial charge in [0.1, 0.15) is 5.52 Å². The number of imidazole rings is 1. The molecule has 0 saturated carbocycles. The molecule has 0 atom stereocenters. The Bertz CT molecular complexity index is 1510. The molecule has 0 bridgehead atoms. The Morgan fingerprint density at radius 1 is 1.03 bits per heavy atom. The van der Waals surface area contributed by atoms with Crippen molar-refractivity contribution in [2.45, 2.75) is 37.4 Å². The van der Waals surface area contributed by atoms with Gasteiger partial charge in [-0.2, -0.15) is 9.97 Å². The number of nitrogens with zero attached hydrogens (tertiary/aromatic N) is 4. The Hall–Kier alpha value is -3.26. The molecule has 2 aromatic heterocycles. The number of hydrogen-bond acceptors (Lipinski definition) is 8. The Kier molecular flexibility index (Phi) is 9.15. The number of hydrogen-bond donors (Lipinski definition) is 3. The molecule has 0 aliphatic rings. The number of nitrogens with two attached hydrogens (primary N) is 1. The maximum absolute atomic E-state index is 12.6. The molecule has 0 aliphatic carbocycles. The van der Waals surface area contributed by atoms with E-state index in [-0.39, 0.29) is 35.7 Å². The molecular weight excluding hydrogens is 598 g/mol. The maximum atomic E-state index is 12.6. The van der Waals surface area contributed by atoms with E-state index < -0.39 is 16.1 Å². The van der Waals surface area contributed by atoms with Crippen molar-refractivity contribution in [1.29, 1.82) is 0 Å². The van der Waals surface area contributed by atoms with E-state index in [0.717, 1.165) is 15.6 Å². The minimum atomic E-state index is -3.67. The summed E-state index contributed by atoms with van der Waals surface area (Å²) in [5.41, 5.74) is 8.44. The van der Waals surface area contributed by atoms with E-state index in [4.69, 9.17) is 22.1 Å². The molecule has 4 N–H and O–H groups in total. The maximum Gasteiger partial charge on any atom is 0.407 e. The van der Waals surface area contributed by atoms with Gasteiger partial charge >= 0.3 is 6.09 Å². The highest BCUT2D eigenvalue weighted by Crippen LogP contribution is 2.18. The van der Waals surface area contributed by atoms with Crippen LogP contribution in [-0.2, 0) is 34.4 Å². The molecule has 200 valence electrons. The summed E-state index contributed by atoms with van der Waals surface area (Å²) in [6.07, 6.45) is 2.40. The van der Waals surface area contributed by atoms with Gasteiger partial charge < -0.3 is 20.4 Å². The molecule has 2 aromatic carbocycles. The zero-order chi connectivity index (χ0) is 27.1. The minimum Gasteiger partial charge on any atom is -0.450 e. The first-order valence-electron chi connectivity index (χ1n) is 11.6. The fraction of sp³-hybridized carbons (Fsp3) is 0.250. The first kappa shape index (κ1) is 27.8. The molecule has 38 heavy (non-hydrogen) atoms. The molecule has 0 aliphatic heterocycles. The molecule has 14 heteroatoms. The average molecular weight is 623 g/mol. The summed E-state index contributed by atoms with van der Waals surface area (Å²) in [6.45, 7) is 1.22. The van der Waals surface area contributed by atoms with Crippen molar-refractivity contribution < 1.29 is 17.9 Å². The number of carbonyl (C=O) groups excluding carboxylic acids is 1. The summed E-state index contributed by atoms with van der Waals surface area (Å²) in [5.74, 6) is 0.225. The lowest BCUT2D eigenvalue weighted by atomic mass is 10.2. The standard InChI is InChI=1S/C24H25BrClN7O4S/c25-18-7-3-17(4-8-18)14-30-38(35,36)19-9-5-16(6-10-19)13-28-24(34)37-12-2-1-11-33-15-29-20-21(27)31-23(26)32-22(20)33/h3-10,15,30H,1-2,11-14H2,(H,28,34)(H2,27,31,32). The van der Waals surface area contributed by atoms with Crippen molar-refractivity contribution in [3.8, 4) is 0 Å². The summed E-state index contributed by atoms with van der Waals surface area (Å²) in [6, 6.07) is 13.7. The lowest BCUT2D eigenvalue weighted by Crippen LogP contribution is -2.25. The summed E-state index contributed by atoms with van der Waals surface area (Å²) in [4.78, 5) is 24.4. The zero-order valence-corrected chi connectivity index (χ0v) is 23.3. The number of anilines is 1. The van der Waals surface area contributed by atoms with Gasteiger partial charge in [-0.1, -0.05) is 40.2 Å². The second-order valence-corrected chi connectivity index (χ2v) is 11.3. The van der Waals surface area contributed by atoms with Crippen LogP contribution in [0.4, 0.5) is 10.6 Å². The lowest BCUT2D eigenvalue weighted by Gasteiger charge is -2.09. The number of rotatable bonds is 11. The fourth-order valence-corrected chi connectivity index (χ4v) is 4.98. The van der Waals surface area contributed by atoms with Gasteiger partial charge in [0, 0.05) is 24.1 Å². The van der Waals surface area contributed by atoms with Crippen LogP contribution < -0.4 is 15.8 Å². The number of aryl methyl sites for hydroxylation is 1. The predicted octanol–water partition coefficient (Wildman–Crippen LogP) is 4.01. The number of aromatic nitrogens is 4. The summed E-state index contributed by atoms with van der Waals surface area (Å²) in [5, 5.41) is 2.72. The first-order chi connectivity index (χ1) is 18.2. The Balaban J connectivity index is 1.16. The normalized spacial score (nSPS) is 11.5. The molecule has 0 unspecified atom stereocenters. The van der Waals surface area contributed by atoms with Crippen molar-refractivity contribution in [3.05, 3.63) is 75.7 Å². The molecule has 0 fully saturated rings. The number of sulfonamides is 1. The van der Waals surface area contributed by atoms with Gasteiger partial charge in [0.05, 0.1) is 17.8 Å². The van der Waals surface area contributed by atoms with Crippen molar-refractivity contribution in [2.75, 3.05) is 12.3 Å². The third-order valence-electron chi connectivity index (χ3n) is 5.54. The Morgan fingerprint density at radius 3 is 2.45 bits per heavy atom. The molecule has 4 rings (SSSR count). The van der Waals surface area contributed by atoms with Gasteiger partial charge in [-0.25, -0.2) is 22.9 Å². The highest BCUT2D eigenvalue weighted by Gasteiger charge is 2.14. The van der Waals surface area contributed by atoms with Crippen LogP contribution in [0.3, 0.4) is 0 Å². The fourth-order valence-electron chi connectivity index (χ4n) is 3.53. The third-order valence-corrected chi connectivity index (χ3v) is 7.65. The molecular formula is C24H25BrClN7O4S. The number of fused-ring (bicyclic) bond motifs is 1. The number of nitrogen functional groups attached to an aromatic ring is 1. The second kappa shape index (κ2) is 12.5.